The minimum Gasteiger partial charge on any atom is -0.395 e. The van der Waals surface area contributed by atoms with E-state index >= 15 is 0 Å². The van der Waals surface area contributed by atoms with E-state index in [9.17, 15) is 9.18 Å². The third-order valence-electron chi connectivity index (χ3n) is 3.20. The Morgan fingerprint density at radius 2 is 2.38 bits per heavy atom. The van der Waals surface area contributed by atoms with Gasteiger partial charge >= 0.3 is 0 Å². The molecule has 1 unspecified atom stereocenters. The number of amides is 1. The highest BCUT2D eigenvalue weighted by molar-refractivity contribution is 5.96. The number of ether oxygens (including phenoxy) is 1. The summed E-state index contributed by atoms with van der Waals surface area (Å²) in [6.07, 6.45) is 2.29. The van der Waals surface area contributed by atoms with Crippen LogP contribution in [0.5, 0.6) is 0 Å². The lowest BCUT2D eigenvalue weighted by molar-refractivity contribution is 0.0857. The fraction of sp³-hybridized carbons (Fsp3) is 0.438. The molecule has 2 N–H and O–H groups in total. The number of rotatable bonds is 4. The van der Waals surface area contributed by atoms with Gasteiger partial charge < -0.3 is 15.2 Å². The van der Waals surface area contributed by atoms with E-state index in [4.69, 9.17) is 9.84 Å². The summed E-state index contributed by atoms with van der Waals surface area (Å²) in [4.78, 5) is 12.2. The number of aliphatic hydroxyl groups is 1. The molecular weight excluding hydrogens is 273 g/mol. The summed E-state index contributed by atoms with van der Waals surface area (Å²) in [7, 11) is 0. The Hall–Kier alpha value is -1.90. The van der Waals surface area contributed by atoms with Crippen molar-refractivity contribution in [2.45, 2.75) is 25.4 Å². The molecule has 0 aromatic heterocycles. The van der Waals surface area contributed by atoms with Gasteiger partial charge in [-0.15, -0.1) is 0 Å². The Labute approximate surface area is 123 Å². The van der Waals surface area contributed by atoms with Crippen molar-refractivity contribution >= 4 is 5.91 Å². The second-order valence-corrected chi connectivity index (χ2v) is 4.81. The molecule has 4 nitrogen and oxygen atoms in total. The van der Waals surface area contributed by atoms with Gasteiger partial charge in [-0.1, -0.05) is 11.8 Å². The lowest BCUT2D eigenvalue weighted by Crippen LogP contribution is -2.32. The van der Waals surface area contributed by atoms with Crippen molar-refractivity contribution in [3.63, 3.8) is 0 Å². The smallest absolute Gasteiger partial charge is 0.252 e. The van der Waals surface area contributed by atoms with Crippen LogP contribution in [-0.4, -0.2) is 36.9 Å². The van der Waals surface area contributed by atoms with Gasteiger partial charge in [0.15, 0.2) is 0 Å². The van der Waals surface area contributed by atoms with Crippen molar-refractivity contribution < 1.29 is 19.0 Å². The summed E-state index contributed by atoms with van der Waals surface area (Å²) < 4.78 is 18.7. The van der Waals surface area contributed by atoms with Crippen molar-refractivity contribution in [3.8, 4) is 11.8 Å². The molecule has 0 radical (unpaired) electrons. The molecule has 21 heavy (non-hydrogen) atoms. The maximum absolute atomic E-state index is 13.3. The van der Waals surface area contributed by atoms with Crippen LogP contribution in [0.1, 0.15) is 35.2 Å². The molecule has 1 aliphatic rings. The molecule has 0 saturated carbocycles. The fourth-order valence-electron chi connectivity index (χ4n) is 2.14. The maximum atomic E-state index is 13.3. The second-order valence-electron chi connectivity index (χ2n) is 4.81. The molecule has 5 heteroatoms. The normalized spacial score (nSPS) is 17.1. The fourth-order valence-corrected chi connectivity index (χ4v) is 2.14. The zero-order valence-electron chi connectivity index (χ0n) is 11.7. The predicted molar refractivity (Wildman–Crippen MR) is 76.3 cm³/mol. The molecule has 2 rings (SSSR count). The van der Waals surface area contributed by atoms with Crippen molar-refractivity contribution in [1.82, 2.24) is 5.32 Å². The molecule has 1 atom stereocenters. The van der Waals surface area contributed by atoms with Crippen LogP contribution in [0.3, 0.4) is 0 Å². The first kappa shape index (κ1) is 15.5. The van der Waals surface area contributed by atoms with Crippen molar-refractivity contribution in [2.75, 3.05) is 19.8 Å². The van der Waals surface area contributed by atoms with E-state index in [1.165, 1.54) is 18.2 Å². The summed E-state index contributed by atoms with van der Waals surface area (Å²) in [5.41, 5.74) is 0.660. The average Bonchev–Trinajstić information content (AvgIpc) is 2.98. The Morgan fingerprint density at radius 1 is 1.52 bits per heavy atom. The molecular formula is C16H18FNO3. The number of carbonyl (C=O) groups is 1. The molecule has 1 aromatic rings. The minimum absolute atomic E-state index is 0.0540. The maximum Gasteiger partial charge on any atom is 0.252 e. The number of hydrogen-bond donors (Lipinski definition) is 2. The molecule has 1 aliphatic heterocycles. The van der Waals surface area contributed by atoms with Crippen molar-refractivity contribution in [1.29, 1.82) is 0 Å². The van der Waals surface area contributed by atoms with Gasteiger partial charge in [0.25, 0.3) is 5.91 Å². The largest absolute Gasteiger partial charge is 0.395 e. The lowest BCUT2D eigenvalue weighted by Gasteiger charge is -2.11. The standard InChI is InChI=1S/C16H18FNO3/c17-13-6-7-15(12(10-13)4-1-2-8-19)16(20)18-11-14-5-3-9-21-14/h6-7,10,14,19H,2-3,5,8-9,11H2,(H,18,20). The van der Waals surface area contributed by atoms with Crippen LogP contribution >= 0.6 is 0 Å². The molecule has 1 fully saturated rings. The van der Waals surface area contributed by atoms with Crippen LogP contribution in [0.25, 0.3) is 0 Å². The van der Waals surface area contributed by atoms with E-state index in [2.05, 4.69) is 17.2 Å². The summed E-state index contributed by atoms with van der Waals surface area (Å²) in [5.74, 6) is 4.68. The van der Waals surface area contributed by atoms with Crippen molar-refractivity contribution in [3.05, 3.63) is 35.1 Å². The first-order chi connectivity index (χ1) is 10.2. The lowest BCUT2D eigenvalue weighted by atomic mass is 10.1. The number of nitrogens with one attached hydrogen (secondary N) is 1. The zero-order valence-corrected chi connectivity index (χ0v) is 11.7. The first-order valence-electron chi connectivity index (χ1n) is 7.00. The van der Waals surface area contributed by atoms with Crippen LogP contribution in [0.4, 0.5) is 4.39 Å². The Balaban J connectivity index is 2.06. The van der Waals surface area contributed by atoms with Gasteiger partial charge in [0, 0.05) is 25.1 Å². The van der Waals surface area contributed by atoms with Crippen LogP contribution < -0.4 is 5.32 Å². The van der Waals surface area contributed by atoms with Gasteiger partial charge in [0.2, 0.25) is 0 Å². The van der Waals surface area contributed by atoms with Crippen LogP contribution in [0.15, 0.2) is 18.2 Å². The van der Waals surface area contributed by atoms with E-state index in [1.54, 1.807) is 0 Å². The van der Waals surface area contributed by atoms with E-state index in [0.717, 1.165) is 19.4 Å². The van der Waals surface area contributed by atoms with Crippen LogP contribution in [0.2, 0.25) is 0 Å². The summed E-state index contributed by atoms with van der Waals surface area (Å²) in [5, 5.41) is 11.5. The summed E-state index contributed by atoms with van der Waals surface area (Å²) in [6.45, 7) is 1.11. The second kappa shape index (κ2) is 7.77. The predicted octanol–water partition coefficient (Wildman–Crippen LogP) is 1.47. The van der Waals surface area contributed by atoms with E-state index in [-0.39, 0.29) is 25.0 Å². The highest BCUT2D eigenvalue weighted by Gasteiger charge is 2.17. The molecule has 1 amide bonds. The zero-order chi connectivity index (χ0) is 15.1. The van der Waals surface area contributed by atoms with Gasteiger partial charge in [-0.3, -0.25) is 4.79 Å². The number of halogens is 1. The first-order valence-corrected chi connectivity index (χ1v) is 7.00. The number of carbonyl (C=O) groups excluding carboxylic acids is 1. The highest BCUT2D eigenvalue weighted by Crippen LogP contribution is 2.13. The van der Waals surface area contributed by atoms with Gasteiger partial charge in [-0.05, 0) is 31.0 Å². The average molecular weight is 291 g/mol. The van der Waals surface area contributed by atoms with E-state index < -0.39 is 5.82 Å². The van der Waals surface area contributed by atoms with E-state index in [1.807, 2.05) is 0 Å². The molecule has 1 aromatic carbocycles. The molecule has 0 bridgehead atoms. The number of aliphatic hydroxyl groups excluding tert-OH is 1. The quantitative estimate of drug-likeness (QED) is 0.826. The molecule has 0 spiro atoms. The summed E-state index contributed by atoms with van der Waals surface area (Å²) in [6, 6.07) is 3.88. The summed E-state index contributed by atoms with van der Waals surface area (Å²) >= 11 is 0. The van der Waals surface area contributed by atoms with Crippen LogP contribution in [-0.2, 0) is 4.74 Å². The monoisotopic (exact) mass is 291 g/mol. The molecule has 0 aliphatic carbocycles. The highest BCUT2D eigenvalue weighted by atomic mass is 19.1. The topological polar surface area (TPSA) is 58.6 Å². The SMILES string of the molecule is O=C(NCC1CCCO1)c1ccc(F)cc1C#CCCO. The van der Waals surface area contributed by atoms with Gasteiger partial charge in [0.05, 0.1) is 18.3 Å². The molecule has 1 heterocycles. The van der Waals surface area contributed by atoms with Crippen molar-refractivity contribution in [2.24, 2.45) is 0 Å². The van der Waals surface area contributed by atoms with Crippen LogP contribution in [0, 0.1) is 17.7 Å². The minimum atomic E-state index is -0.445. The number of hydrogen-bond acceptors (Lipinski definition) is 3. The Kier molecular flexibility index (Phi) is 5.73. The number of benzene rings is 1. The van der Waals surface area contributed by atoms with Gasteiger partial charge in [-0.2, -0.15) is 0 Å². The Morgan fingerprint density at radius 3 is 3.10 bits per heavy atom. The van der Waals surface area contributed by atoms with E-state index in [0.29, 0.717) is 17.7 Å². The molecule has 1 saturated heterocycles. The third kappa shape index (κ3) is 4.55. The van der Waals surface area contributed by atoms with Gasteiger partial charge in [0.1, 0.15) is 5.82 Å². The third-order valence-corrected chi connectivity index (χ3v) is 3.20. The Bertz CT molecular complexity index is 556. The van der Waals surface area contributed by atoms with Gasteiger partial charge in [-0.25, -0.2) is 4.39 Å². The molecule has 112 valence electrons.